The molecule has 0 aliphatic carbocycles. The minimum atomic E-state index is -2.70. The van der Waals surface area contributed by atoms with Crippen molar-refractivity contribution in [1.29, 1.82) is 0 Å². The molecule has 4 aromatic rings. The molecule has 0 aliphatic rings. The number of para-hydroxylation sites is 1. The Hall–Kier alpha value is -3.39. The molecule has 2 heterocycles. The van der Waals surface area contributed by atoms with Crippen LogP contribution in [0.2, 0.25) is 0 Å². The van der Waals surface area contributed by atoms with Crippen LogP contribution in [0.25, 0.3) is 22.2 Å². The molecule has 1 amide bonds. The number of carbonyl (C=O) groups is 1. The SMILES string of the molecule is O=C(Nc1nccs1)c1cccc2c(=O)cc(-c3ccccc3C(F)F)[nH]c12. The Labute approximate surface area is 161 Å². The zero-order valence-electron chi connectivity index (χ0n) is 14.3. The Morgan fingerprint density at radius 2 is 1.96 bits per heavy atom. The molecule has 4 rings (SSSR count). The van der Waals surface area contributed by atoms with Crippen molar-refractivity contribution in [2.24, 2.45) is 0 Å². The average molecular weight is 397 g/mol. The van der Waals surface area contributed by atoms with Gasteiger partial charge in [0.1, 0.15) is 0 Å². The number of aromatic amines is 1. The van der Waals surface area contributed by atoms with Crippen LogP contribution in [-0.4, -0.2) is 15.9 Å². The number of hydrogen-bond donors (Lipinski definition) is 2. The first-order valence-electron chi connectivity index (χ1n) is 8.29. The van der Waals surface area contributed by atoms with Crippen molar-refractivity contribution in [3.05, 3.63) is 81.5 Å². The van der Waals surface area contributed by atoms with Gasteiger partial charge < -0.3 is 4.98 Å². The normalized spacial score (nSPS) is 11.1. The number of halogens is 2. The van der Waals surface area contributed by atoms with Crippen molar-refractivity contribution < 1.29 is 13.6 Å². The molecular weight excluding hydrogens is 384 g/mol. The molecule has 28 heavy (non-hydrogen) atoms. The van der Waals surface area contributed by atoms with Gasteiger partial charge in [0.15, 0.2) is 10.6 Å². The van der Waals surface area contributed by atoms with E-state index in [1.165, 1.54) is 35.6 Å². The molecule has 0 unspecified atom stereocenters. The first-order chi connectivity index (χ1) is 13.5. The molecule has 0 atom stereocenters. The van der Waals surface area contributed by atoms with Crippen LogP contribution in [0.3, 0.4) is 0 Å². The Morgan fingerprint density at radius 1 is 1.14 bits per heavy atom. The van der Waals surface area contributed by atoms with Gasteiger partial charge in [-0.1, -0.05) is 30.3 Å². The fourth-order valence-electron chi connectivity index (χ4n) is 2.99. The third kappa shape index (κ3) is 3.29. The lowest BCUT2D eigenvalue weighted by Gasteiger charge is -2.12. The van der Waals surface area contributed by atoms with E-state index in [1.807, 2.05) is 0 Å². The van der Waals surface area contributed by atoms with E-state index in [1.54, 1.807) is 35.8 Å². The summed E-state index contributed by atoms with van der Waals surface area (Å²) in [5.74, 6) is -0.449. The highest BCUT2D eigenvalue weighted by molar-refractivity contribution is 7.13. The van der Waals surface area contributed by atoms with Crippen molar-refractivity contribution >= 4 is 33.3 Å². The van der Waals surface area contributed by atoms with Crippen molar-refractivity contribution in [1.82, 2.24) is 9.97 Å². The van der Waals surface area contributed by atoms with Gasteiger partial charge in [-0.15, -0.1) is 11.3 Å². The molecule has 2 aromatic heterocycles. The summed E-state index contributed by atoms with van der Waals surface area (Å²) in [5, 5.41) is 5.10. The van der Waals surface area contributed by atoms with E-state index in [9.17, 15) is 18.4 Å². The minimum Gasteiger partial charge on any atom is -0.354 e. The highest BCUT2D eigenvalue weighted by Crippen LogP contribution is 2.30. The van der Waals surface area contributed by atoms with Crippen molar-refractivity contribution in [3.63, 3.8) is 0 Å². The molecule has 2 N–H and O–H groups in total. The van der Waals surface area contributed by atoms with Crippen LogP contribution in [0.1, 0.15) is 22.3 Å². The second-order valence-corrected chi connectivity index (χ2v) is 6.85. The lowest BCUT2D eigenvalue weighted by molar-refractivity contribution is 0.102. The highest BCUT2D eigenvalue weighted by atomic mass is 32.1. The van der Waals surface area contributed by atoms with Gasteiger partial charge in [0.2, 0.25) is 0 Å². The van der Waals surface area contributed by atoms with E-state index in [2.05, 4.69) is 15.3 Å². The summed E-state index contributed by atoms with van der Waals surface area (Å²) in [6, 6.07) is 12.0. The number of nitrogens with zero attached hydrogens (tertiary/aromatic N) is 1. The Bertz CT molecular complexity index is 1220. The number of rotatable bonds is 4. The second kappa shape index (κ2) is 7.32. The minimum absolute atomic E-state index is 0.192. The predicted molar refractivity (Wildman–Crippen MR) is 105 cm³/mol. The van der Waals surface area contributed by atoms with Crippen LogP contribution in [0.5, 0.6) is 0 Å². The molecule has 5 nitrogen and oxygen atoms in total. The molecule has 0 fully saturated rings. The maximum atomic E-state index is 13.4. The number of anilines is 1. The number of thiazole rings is 1. The molecule has 0 bridgehead atoms. The van der Waals surface area contributed by atoms with E-state index < -0.39 is 12.3 Å². The van der Waals surface area contributed by atoms with Gasteiger partial charge in [0, 0.05) is 34.2 Å². The number of alkyl halides is 2. The van der Waals surface area contributed by atoms with E-state index >= 15 is 0 Å². The summed E-state index contributed by atoms with van der Waals surface area (Å²) in [6.45, 7) is 0. The van der Waals surface area contributed by atoms with Gasteiger partial charge in [-0.3, -0.25) is 14.9 Å². The topological polar surface area (TPSA) is 74.8 Å². The van der Waals surface area contributed by atoms with Gasteiger partial charge in [-0.25, -0.2) is 13.8 Å². The highest BCUT2D eigenvalue weighted by Gasteiger charge is 2.18. The van der Waals surface area contributed by atoms with E-state index in [4.69, 9.17) is 0 Å². The molecule has 140 valence electrons. The van der Waals surface area contributed by atoms with E-state index in [0.29, 0.717) is 10.5 Å². The maximum Gasteiger partial charge on any atom is 0.264 e. The number of nitrogens with one attached hydrogen (secondary N) is 2. The Morgan fingerprint density at radius 3 is 2.71 bits per heavy atom. The lowest BCUT2D eigenvalue weighted by Crippen LogP contribution is -2.14. The van der Waals surface area contributed by atoms with Crippen molar-refractivity contribution in [2.45, 2.75) is 6.43 Å². The van der Waals surface area contributed by atoms with Gasteiger partial charge >= 0.3 is 0 Å². The number of carbonyl (C=O) groups excluding carboxylic acids is 1. The fraction of sp³-hybridized carbons (Fsp3) is 0.0500. The summed E-state index contributed by atoms with van der Waals surface area (Å²) < 4.78 is 26.8. The number of fused-ring (bicyclic) bond motifs is 1. The predicted octanol–water partition coefficient (Wildman–Crippen LogP) is 4.84. The first-order valence-corrected chi connectivity index (χ1v) is 9.17. The first kappa shape index (κ1) is 18.0. The molecule has 0 aliphatic heterocycles. The maximum absolute atomic E-state index is 13.4. The quantitative estimate of drug-likeness (QED) is 0.517. The van der Waals surface area contributed by atoms with Crippen LogP contribution in [-0.2, 0) is 0 Å². The molecule has 0 saturated carbocycles. The second-order valence-electron chi connectivity index (χ2n) is 5.95. The molecule has 8 heteroatoms. The van der Waals surface area contributed by atoms with Gasteiger partial charge in [-0.05, 0) is 12.1 Å². The number of benzene rings is 2. The standard InChI is InChI=1S/C20H13F2N3O2S/c21-18(22)12-5-2-1-4-11(12)15-10-16(26)13-6-3-7-14(17(13)24-15)19(27)25-20-23-8-9-28-20/h1-10,18H,(H,24,26)(H,23,25,27). The molecule has 0 saturated heterocycles. The summed E-state index contributed by atoms with van der Waals surface area (Å²) in [4.78, 5) is 32.3. The summed E-state index contributed by atoms with van der Waals surface area (Å²) >= 11 is 1.26. The van der Waals surface area contributed by atoms with E-state index in [0.717, 1.165) is 0 Å². The van der Waals surface area contributed by atoms with Crippen LogP contribution < -0.4 is 10.7 Å². The van der Waals surface area contributed by atoms with Crippen LogP contribution >= 0.6 is 11.3 Å². The monoisotopic (exact) mass is 397 g/mol. The zero-order chi connectivity index (χ0) is 19.7. The molecular formula is C20H13F2N3O2S. The van der Waals surface area contributed by atoms with Crippen LogP contribution in [0.4, 0.5) is 13.9 Å². The number of H-pyrrole nitrogens is 1. The van der Waals surface area contributed by atoms with Crippen LogP contribution in [0, 0.1) is 0 Å². The Balaban J connectivity index is 1.88. The lowest BCUT2D eigenvalue weighted by atomic mass is 10.0. The summed E-state index contributed by atoms with van der Waals surface area (Å²) in [5.41, 5.74) is 0.387. The third-order valence-electron chi connectivity index (χ3n) is 4.25. The van der Waals surface area contributed by atoms with Crippen molar-refractivity contribution in [2.75, 3.05) is 5.32 Å². The number of amides is 1. The number of pyridine rings is 1. The van der Waals surface area contributed by atoms with Gasteiger partial charge in [-0.2, -0.15) is 0 Å². The summed E-state index contributed by atoms with van der Waals surface area (Å²) in [7, 11) is 0. The smallest absolute Gasteiger partial charge is 0.264 e. The van der Waals surface area contributed by atoms with Gasteiger partial charge in [0.05, 0.1) is 16.8 Å². The number of hydrogen-bond acceptors (Lipinski definition) is 4. The number of aromatic nitrogens is 2. The third-order valence-corrected chi connectivity index (χ3v) is 4.94. The Kier molecular flexibility index (Phi) is 4.70. The molecule has 0 spiro atoms. The van der Waals surface area contributed by atoms with Crippen LogP contribution in [0.15, 0.2) is 64.9 Å². The molecule has 2 aromatic carbocycles. The summed E-state index contributed by atoms with van der Waals surface area (Å²) in [6.07, 6.45) is -1.14. The largest absolute Gasteiger partial charge is 0.354 e. The van der Waals surface area contributed by atoms with Gasteiger partial charge in [0.25, 0.3) is 12.3 Å². The average Bonchev–Trinajstić information content (AvgIpc) is 3.20. The van der Waals surface area contributed by atoms with E-state index in [-0.39, 0.29) is 33.3 Å². The zero-order valence-corrected chi connectivity index (χ0v) is 15.1. The fourth-order valence-corrected chi connectivity index (χ4v) is 3.51. The molecule has 0 radical (unpaired) electrons. The van der Waals surface area contributed by atoms with Crippen molar-refractivity contribution in [3.8, 4) is 11.3 Å².